The molecule has 0 aliphatic rings. The lowest BCUT2D eigenvalue weighted by molar-refractivity contribution is -0.128. The number of carbonyl (C=O) groups excluding carboxylic acids is 1. The molecule has 0 aliphatic carbocycles. The first-order valence-electron chi connectivity index (χ1n) is 7.68. The Balaban J connectivity index is 0.00000529. The molecule has 0 heterocycles. The molecule has 0 atom stereocenters. The van der Waals surface area contributed by atoms with Crippen molar-refractivity contribution in [1.82, 2.24) is 15.5 Å². The minimum atomic E-state index is -0.370. The van der Waals surface area contributed by atoms with Crippen LogP contribution >= 0.6 is 35.6 Å². The average Bonchev–Trinajstić information content (AvgIpc) is 2.45. The van der Waals surface area contributed by atoms with Crippen molar-refractivity contribution in [3.63, 3.8) is 0 Å². The van der Waals surface area contributed by atoms with Crippen LogP contribution in [0.1, 0.15) is 26.3 Å². The second-order valence-electron chi connectivity index (χ2n) is 6.47. The monoisotopic (exact) mass is 466 g/mol. The van der Waals surface area contributed by atoms with Gasteiger partial charge in [0.2, 0.25) is 5.91 Å². The molecule has 1 amide bonds. The Morgan fingerprint density at radius 1 is 1.25 bits per heavy atom. The SMILES string of the molecule is CN=C(NCCNC(=O)C(C)(C)C)N(C)Cc1cccc(Cl)c1.I. The van der Waals surface area contributed by atoms with Gasteiger partial charge >= 0.3 is 0 Å². The molecule has 1 rings (SSSR count). The van der Waals surface area contributed by atoms with E-state index in [0.717, 1.165) is 16.5 Å². The van der Waals surface area contributed by atoms with Crippen LogP contribution in [0.25, 0.3) is 0 Å². The molecule has 2 N–H and O–H groups in total. The van der Waals surface area contributed by atoms with Gasteiger partial charge in [0.1, 0.15) is 0 Å². The van der Waals surface area contributed by atoms with Crippen LogP contribution in [0.15, 0.2) is 29.3 Å². The molecule has 0 fully saturated rings. The standard InChI is InChI=1S/C17H27ClN4O.HI/c1-17(2,3)15(23)20-9-10-21-16(19-4)22(5)12-13-7-6-8-14(18)11-13;/h6-8,11H,9-10,12H2,1-5H3,(H,19,21)(H,20,23);1H. The fraction of sp³-hybridized carbons (Fsp3) is 0.529. The maximum atomic E-state index is 11.8. The summed E-state index contributed by atoms with van der Waals surface area (Å²) in [6.45, 7) is 7.57. The summed E-state index contributed by atoms with van der Waals surface area (Å²) in [5.41, 5.74) is 0.745. The molecule has 0 aromatic heterocycles. The van der Waals surface area contributed by atoms with E-state index in [-0.39, 0.29) is 35.3 Å². The van der Waals surface area contributed by atoms with E-state index in [9.17, 15) is 4.79 Å². The van der Waals surface area contributed by atoms with Crippen molar-refractivity contribution in [3.8, 4) is 0 Å². The van der Waals surface area contributed by atoms with Crippen molar-refractivity contribution in [2.75, 3.05) is 27.2 Å². The molecule has 0 spiro atoms. The topological polar surface area (TPSA) is 56.7 Å². The number of guanidine groups is 1. The van der Waals surface area contributed by atoms with E-state index in [0.29, 0.717) is 19.6 Å². The van der Waals surface area contributed by atoms with Gasteiger partial charge in [-0.05, 0) is 17.7 Å². The highest BCUT2D eigenvalue weighted by atomic mass is 127. The lowest BCUT2D eigenvalue weighted by Crippen LogP contribution is -2.43. The van der Waals surface area contributed by atoms with Crippen molar-refractivity contribution in [2.24, 2.45) is 10.4 Å². The number of hydrogen-bond acceptors (Lipinski definition) is 2. The molecule has 0 saturated carbocycles. The number of hydrogen-bond donors (Lipinski definition) is 2. The highest BCUT2D eigenvalue weighted by molar-refractivity contribution is 14.0. The lowest BCUT2D eigenvalue weighted by atomic mass is 9.96. The van der Waals surface area contributed by atoms with Gasteiger partial charge < -0.3 is 15.5 Å². The van der Waals surface area contributed by atoms with E-state index in [1.165, 1.54) is 0 Å². The zero-order valence-electron chi connectivity index (χ0n) is 15.0. The molecular weight excluding hydrogens is 439 g/mol. The van der Waals surface area contributed by atoms with Crippen molar-refractivity contribution in [3.05, 3.63) is 34.9 Å². The minimum absolute atomic E-state index is 0. The quantitative estimate of drug-likeness (QED) is 0.303. The largest absolute Gasteiger partial charge is 0.354 e. The van der Waals surface area contributed by atoms with Crippen LogP contribution in [0.3, 0.4) is 0 Å². The Morgan fingerprint density at radius 3 is 2.42 bits per heavy atom. The van der Waals surface area contributed by atoms with Gasteiger partial charge in [-0.15, -0.1) is 24.0 Å². The number of nitrogens with zero attached hydrogens (tertiary/aromatic N) is 2. The fourth-order valence-corrected chi connectivity index (χ4v) is 2.20. The average molecular weight is 467 g/mol. The molecule has 5 nitrogen and oxygen atoms in total. The van der Waals surface area contributed by atoms with Crippen molar-refractivity contribution >= 4 is 47.4 Å². The second kappa shape index (κ2) is 10.8. The Kier molecular flexibility index (Phi) is 10.3. The first kappa shape index (κ1) is 23.0. The van der Waals surface area contributed by atoms with Gasteiger partial charge in [0.05, 0.1) is 0 Å². The van der Waals surface area contributed by atoms with Crippen LogP contribution in [0, 0.1) is 5.41 Å². The molecule has 136 valence electrons. The van der Waals surface area contributed by atoms with E-state index in [1.54, 1.807) is 7.05 Å². The van der Waals surface area contributed by atoms with Gasteiger partial charge in [-0.25, -0.2) is 0 Å². The highest BCUT2D eigenvalue weighted by Crippen LogP contribution is 2.12. The van der Waals surface area contributed by atoms with E-state index in [1.807, 2.05) is 57.0 Å². The first-order chi connectivity index (χ1) is 10.7. The summed E-state index contributed by atoms with van der Waals surface area (Å²) >= 11 is 6.01. The van der Waals surface area contributed by atoms with Crippen LogP contribution in [0.2, 0.25) is 5.02 Å². The lowest BCUT2D eigenvalue weighted by Gasteiger charge is -2.23. The Morgan fingerprint density at radius 2 is 1.88 bits per heavy atom. The molecule has 24 heavy (non-hydrogen) atoms. The van der Waals surface area contributed by atoms with Crippen LogP contribution < -0.4 is 10.6 Å². The molecule has 0 aliphatic heterocycles. The van der Waals surface area contributed by atoms with Crippen LogP contribution in [-0.2, 0) is 11.3 Å². The van der Waals surface area contributed by atoms with Crippen molar-refractivity contribution < 1.29 is 4.79 Å². The summed E-state index contributed by atoms with van der Waals surface area (Å²) < 4.78 is 0. The molecule has 1 aromatic rings. The molecule has 0 saturated heterocycles. The van der Waals surface area contributed by atoms with E-state index in [2.05, 4.69) is 15.6 Å². The molecule has 0 unspecified atom stereocenters. The van der Waals surface area contributed by atoms with Crippen LogP contribution in [0.5, 0.6) is 0 Å². The fourth-order valence-electron chi connectivity index (χ4n) is 1.98. The summed E-state index contributed by atoms with van der Waals surface area (Å²) in [4.78, 5) is 18.1. The third kappa shape index (κ3) is 8.19. The zero-order valence-corrected chi connectivity index (χ0v) is 18.1. The zero-order chi connectivity index (χ0) is 17.5. The molecule has 7 heteroatoms. The van der Waals surface area contributed by atoms with Gasteiger partial charge in [0.15, 0.2) is 5.96 Å². The van der Waals surface area contributed by atoms with Gasteiger partial charge in [-0.2, -0.15) is 0 Å². The smallest absolute Gasteiger partial charge is 0.225 e. The van der Waals surface area contributed by atoms with Crippen LogP contribution in [0.4, 0.5) is 0 Å². The summed E-state index contributed by atoms with van der Waals surface area (Å²) in [6, 6.07) is 7.76. The van der Waals surface area contributed by atoms with Gasteiger partial charge in [0, 0.05) is 44.2 Å². The molecular formula is C17H28ClIN4O. The van der Waals surface area contributed by atoms with E-state index >= 15 is 0 Å². The Hall–Kier alpha value is -1.02. The van der Waals surface area contributed by atoms with E-state index in [4.69, 9.17) is 11.6 Å². The number of carbonyl (C=O) groups is 1. The summed E-state index contributed by atoms with van der Waals surface area (Å²) in [5, 5.41) is 6.87. The maximum absolute atomic E-state index is 11.8. The number of aliphatic imine (C=N–C) groups is 1. The normalized spacial score (nSPS) is 11.5. The van der Waals surface area contributed by atoms with Gasteiger partial charge in [-0.1, -0.05) is 44.5 Å². The number of amides is 1. The Labute approximate surface area is 167 Å². The summed E-state index contributed by atoms with van der Waals surface area (Å²) in [7, 11) is 3.70. The number of rotatable bonds is 5. The number of halogens is 2. The Bertz CT molecular complexity index is 558. The molecule has 1 aromatic carbocycles. The van der Waals surface area contributed by atoms with Crippen LogP contribution in [-0.4, -0.2) is 44.0 Å². The summed E-state index contributed by atoms with van der Waals surface area (Å²) in [5.74, 6) is 0.816. The first-order valence-corrected chi connectivity index (χ1v) is 8.06. The number of nitrogens with one attached hydrogen (secondary N) is 2. The van der Waals surface area contributed by atoms with Crippen molar-refractivity contribution in [1.29, 1.82) is 0 Å². The highest BCUT2D eigenvalue weighted by Gasteiger charge is 2.20. The minimum Gasteiger partial charge on any atom is -0.354 e. The third-order valence-electron chi connectivity index (χ3n) is 3.26. The second-order valence-corrected chi connectivity index (χ2v) is 6.90. The maximum Gasteiger partial charge on any atom is 0.225 e. The molecule has 0 bridgehead atoms. The predicted molar refractivity (Wildman–Crippen MR) is 112 cm³/mol. The van der Waals surface area contributed by atoms with Crippen molar-refractivity contribution in [2.45, 2.75) is 27.3 Å². The van der Waals surface area contributed by atoms with E-state index < -0.39 is 0 Å². The summed E-state index contributed by atoms with van der Waals surface area (Å²) in [6.07, 6.45) is 0. The predicted octanol–water partition coefficient (Wildman–Crippen LogP) is 3.13. The number of benzene rings is 1. The third-order valence-corrected chi connectivity index (χ3v) is 3.49. The van der Waals surface area contributed by atoms with Gasteiger partial charge in [-0.3, -0.25) is 9.79 Å². The molecule has 0 radical (unpaired) electrons. The van der Waals surface area contributed by atoms with Gasteiger partial charge in [0.25, 0.3) is 0 Å².